The van der Waals surface area contributed by atoms with Gasteiger partial charge in [0, 0.05) is 13.5 Å². The summed E-state index contributed by atoms with van der Waals surface area (Å²) in [6.45, 7) is 5.32. The molecule has 252 valence electrons. The molecule has 1 aromatic rings. The zero-order valence-electron chi connectivity index (χ0n) is 27.8. The lowest BCUT2D eigenvalue weighted by molar-refractivity contribution is -0.692. The number of hydrogen-bond acceptors (Lipinski definition) is 6. The van der Waals surface area contributed by atoms with Crippen LogP contribution in [0.4, 0.5) is 0 Å². The molecule has 0 aliphatic carbocycles. The first-order valence-corrected chi connectivity index (χ1v) is 18.3. The van der Waals surface area contributed by atoms with Gasteiger partial charge >= 0.3 is 11.9 Å². The van der Waals surface area contributed by atoms with Crippen LogP contribution < -0.4 is 17.0 Å². The number of aromatic nitrogens is 1. The number of ether oxygens (including phenoxy) is 3. The van der Waals surface area contributed by atoms with Crippen molar-refractivity contribution in [3.05, 3.63) is 17.1 Å². The van der Waals surface area contributed by atoms with E-state index in [1.165, 1.54) is 96.3 Å². The smallest absolute Gasteiger partial charge is 0.308 e. The summed E-state index contributed by atoms with van der Waals surface area (Å²) < 4.78 is 18.7. The number of unbranched alkanes of at least 4 members (excludes halogenated alkanes) is 16. The number of carbonyl (C=O) groups excluding carboxylic acids is 2. The van der Waals surface area contributed by atoms with Crippen molar-refractivity contribution in [3.63, 3.8) is 0 Å². The minimum atomic E-state index is -0.477. The number of hydrogen-bond donors (Lipinski definition) is 0. The van der Waals surface area contributed by atoms with Crippen molar-refractivity contribution in [2.45, 2.75) is 180 Å². The van der Waals surface area contributed by atoms with Crippen LogP contribution in [0.15, 0.2) is 17.1 Å². The Morgan fingerprint density at radius 1 is 0.698 bits per heavy atom. The topological polar surface area (TPSA) is 65.7 Å². The van der Waals surface area contributed by atoms with Gasteiger partial charge in [-0.05, 0) is 19.3 Å². The molecule has 0 saturated heterocycles. The highest BCUT2D eigenvalue weighted by Gasteiger charge is 2.20. The number of rotatable bonds is 30. The summed E-state index contributed by atoms with van der Waals surface area (Å²) in [5, 5.41) is 2.01. The van der Waals surface area contributed by atoms with E-state index in [2.05, 4.69) is 18.4 Å². The van der Waals surface area contributed by atoms with Crippen molar-refractivity contribution in [1.29, 1.82) is 0 Å². The Balaban J connectivity index is 0.0000176. The maximum absolute atomic E-state index is 12.7. The van der Waals surface area contributed by atoms with Gasteiger partial charge in [-0.3, -0.25) is 9.59 Å². The molecule has 0 fully saturated rings. The zero-order chi connectivity index (χ0) is 30.5. The molecule has 0 saturated carbocycles. The highest BCUT2D eigenvalue weighted by Crippen LogP contribution is 2.18. The lowest BCUT2D eigenvalue weighted by Crippen LogP contribution is -3.00. The zero-order valence-corrected chi connectivity index (χ0v) is 29.4. The Labute approximate surface area is 274 Å². The van der Waals surface area contributed by atoms with Gasteiger partial charge in [-0.1, -0.05) is 134 Å². The van der Waals surface area contributed by atoms with Gasteiger partial charge < -0.3 is 26.6 Å². The summed E-state index contributed by atoms with van der Waals surface area (Å²) in [7, 11) is 1.55. The van der Waals surface area contributed by atoms with Gasteiger partial charge in [0.25, 0.3) is 0 Å². The second kappa shape index (κ2) is 30.8. The molecule has 1 heterocycles. The summed E-state index contributed by atoms with van der Waals surface area (Å²) >= 11 is 1.63. The van der Waals surface area contributed by atoms with E-state index in [-0.39, 0.29) is 43.5 Å². The van der Waals surface area contributed by atoms with Crippen molar-refractivity contribution in [3.8, 4) is 0 Å². The van der Waals surface area contributed by atoms with E-state index in [1.807, 2.05) is 17.1 Å². The fourth-order valence-corrected chi connectivity index (χ4v) is 5.93. The molecule has 6 nitrogen and oxygen atoms in total. The van der Waals surface area contributed by atoms with Crippen LogP contribution in [0.2, 0.25) is 0 Å². The highest BCUT2D eigenvalue weighted by atomic mass is 35.5. The molecular weight excluding hydrogens is 582 g/mol. The molecule has 0 N–H and O–H groups in total. The summed E-state index contributed by atoms with van der Waals surface area (Å²) in [5.41, 5.74) is 2.02. The van der Waals surface area contributed by atoms with E-state index < -0.39 is 6.10 Å². The number of nitrogens with zero attached hydrogens (tertiary/aromatic N) is 1. The third-order valence-corrected chi connectivity index (χ3v) is 8.71. The van der Waals surface area contributed by atoms with Crippen LogP contribution in [-0.4, -0.2) is 37.9 Å². The molecule has 0 radical (unpaired) electrons. The van der Waals surface area contributed by atoms with E-state index in [9.17, 15) is 9.59 Å². The lowest BCUT2D eigenvalue weighted by atomic mass is 10.0. The normalized spacial score (nSPS) is 12.4. The van der Waals surface area contributed by atoms with Crippen LogP contribution >= 0.6 is 11.3 Å². The predicted octanol–water partition coefficient (Wildman–Crippen LogP) is 6.52. The minimum Gasteiger partial charge on any atom is -1.00 e. The molecular formula is C35H64ClNO5S. The molecule has 8 heteroatoms. The molecule has 1 aromatic heterocycles. The van der Waals surface area contributed by atoms with E-state index >= 15 is 0 Å². The Morgan fingerprint density at radius 2 is 1.23 bits per heavy atom. The number of thiazole rings is 1. The molecule has 43 heavy (non-hydrogen) atoms. The minimum absolute atomic E-state index is 0. The number of halogens is 1. The first-order chi connectivity index (χ1) is 20.6. The Morgan fingerprint density at radius 3 is 1.74 bits per heavy atom. The van der Waals surface area contributed by atoms with E-state index in [4.69, 9.17) is 14.2 Å². The average Bonchev–Trinajstić information content (AvgIpc) is 3.51. The maximum atomic E-state index is 12.7. The van der Waals surface area contributed by atoms with Gasteiger partial charge in [0.15, 0.2) is 6.20 Å². The number of aryl methyl sites for hydroxylation is 1. The number of methoxy groups -OCH3 is 1. The monoisotopic (exact) mass is 645 g/mol. The summed E-state index contributed by atoms with van der Waals surface area (Å²) in [6.07, 6.45) is 28.4. The van der Waals surface area contributed by atoms with Crippen LogP contribution in [0.1, 0.15) is 162 Å². The lowest BCUT2D eigenvalue weighted by Gasteiger charge is -2.20. The summed E-state index contributed by atoms with van der Waals surface area (Å²) in [5.74, 6) is -0.519. The molecule has 0 amide bonds. The Hall–Kier alpha value is -1.18. The van der Waals surface area contributed by atoms with Crippen LogP contribution in [-0.2, 0) is 30.3 Å². The van der Waals surface area contributed by atoms with Gasteiger partial charge in [-0.2, -0.15) is 4.57 Å². The Bertz CT molecular complexity index is 749. The quantitative estimate of drug-likeness (QED) is 0.0541. The van der Waals surface area contributed by atoms with E-state index in [0.29, 0.717) is 6.42 Å². The van der Waals surface area contributed by atoms with Crippen molar-refractivity contribution >= 4 is 23.3 Å². The van der Waals surface area contributed by atoms with Gasteiger partial charge in [-0.15, -0.1) is 0 Å². The molecule has 0 aliphatic rings. The van der Waals surface area contributed by atoms with Crippen molar-refractivity contribution in [2.75, 3.05) is 13.7 Å². The maximum Gasteiger partial charge on any atom is 0.308 e. The van der Waals surface area contributed by atoms with Crippen molar-refractivity contribution < 1.29 is 40.8 Å². The van der Waals surface area contributed by atoms with E-state index in [1.54, 1.807) is 18.4 Å². The third-order valence-electron chi connectivity index (χ3n) is 8.04. The fraction of sp³-hybridized carbons (Fsp3) is 0.857. The molecule has 0 aromatic carbocycles. The second-order valence-corrected chi connectivity index (χ2v) is 12.7. The molecule has 0 aliphatic heterocycles. The fourth-order valence-electron chi connectivity index (χ4n) is 5.30. The molecule has 0 spiro atoms. The average molecular weight is 646 g/mol. The van der Waals surface area contributed by atoms with Gasteiger partial charge in [0.05, 0.1) is 18.2 Å². The number of esters is 2. The van der Waals surface area contributed by atoms with Crippen molar-refractivity contribution in [1.82, 2.24) is 0 Å². The molecule has 1 rings (SSSR count). The van der Waals surface area contributed by atoms with Crippen LogP contribution in [0.25, 0.3) is 0 Å². The molecule has 0 bridgehead atoms. The predicted molar refractivity (Wildman–Crippen MR) is 174 cm³/mol. The number of carbonyl (C=O) groups is 2. The third kappa shape index (κ3) is 25.8. The standard InChI is InChI=1S/C35H64NO5S.ClH/c1-4-6-8-9-10-11-12-13-14-15-16-17-18-19-20-21-24-32(23-7-5-2)41-35(38)29-33(39-3)30-40-34(37)25-22-26-36-27-28-42-31-36;/h27-28,31-33H,4-26,29-30H2,1-3H3;1H/q+1;/p-1. The summed E-state index contributed by atoms with van der Waals surface area (Å²) in [6, 6.07) is 0. The first-order valence-electron chi connectivity index (χ1n) is 17.4. The SMILES string of the molecule is CCCCCCCCCCCCCCCCCCC(CCCC)OC(=O)CC(COC(=O)CCC[n+]1ccsc1)OC.[Cl-]. The molecule has 2 unspecified atom stereocenters. The van der Waals surface area contributed by atoms with Crippen LogP contribution in [0.3, 0.4) is 0 Å². The van der Waals surface area contributed by atoms with Crippen LogP contribution in [0, 0.1) is 0 Å². The van der Waals surface area contributed by atoms with Gasteiger partial charge in [0.2, 0.25) is 5.51 Å². The molecule has 2 atom stereocenters. The first kappa shape index (κ1) is 41.8. The van der Waals surface area contributed by atoms with Gasteiger partial charge in [-0.25, -0.2) is 0 Å². The summed E-state index contributed by atoms with van der Waals surface area (Å²) in [4.78, 5) is 24.8. The highest BCUT2D eigenvalue weighted by molar-refractivity contribution is 7.07. The largest absolute Gasteiger partial charge is 1.00 e. The van der Waals surface area contributed by atoms with E-state index in [0.717, 1.165) is 45.1 Å². The van der Waals surface area contributed by atoms with Crippen LogP contribution in [0.5, 0.6) is 0 Å². The van der Waals surface area contributed by atoms with Crippen molar-refractivity contribution in [2.24, 2.45) is 0 Å². The second-order valence-electron chi connectivity index (χ2n) is 12.0. The van der Waals surface area contributed by atoms with Gasteiger partial charge in [0.1, 0.15) is 25.4 Å². The Kier molecular flexibility index (Phi) is 30.0.